The van der Waals surface area contributed by atoms with Crippen LogP contribution in [0.4, 0.5) is 4.39 Å². The molecule has 5 nitrogen and oxygen atoms in total. The number of ether oxygens (including phenoxy) is 1. The lowest BCUT2D eigenvalue weighted by atomic mass is 9.94. The quantitative estimate of drug-likeness (QED) is 0.755. The van der Waals surface area contributed by atoms with Crippen LogP contribution >= 0.6 is 11.3 Å². The molecule has 2 heterocycles. The molecular weight excluding hydrogens is 403 g/mol. The molecule has 1 aliphatic heterocycles. The second kappa shape index (κ2) is 9.02. The smallest absolute Gasteiger partial charge is 0.227 e. The second-order valence-electron chi connectivity index (χ2n) is 8.98. The highest BCUT2D eigenvalue weighted by Gasteiger charge is 2.38. The van der Waals surface area contributed by atoms with Crippen LogP contribution in [-0.2, 0) is 16.8 Å². The number of thiazole rings is 1. The summed E-state index contributed by atoms with van der Waals surface area (Å²) in [6.07, 6.45) is 2.40. The number of carbonyl (C=O) groups excluding carboxylic acids is 1. The van der Waals surface area contributed by atoms with Gasteiger partial charge in [-0.25, -0.2) is 9.37 Å². The summed E-state index contributed by atoms with van der Waals surface area (Å²) in [6.45, 7) is 9.22. The number of aryl methyl sites for hydroxylation is 1. The van der Waals surface area contributed by atoms with Gasteiger partial charge in [-0.1, -0.05) is 32.9 Å². The van der Waals surface area contributed by atoms with E-state index in [1.165, 1.54) is 17.4 Å². The molecule has 1 atom stereocenters. The van der Waals surface area contributed by atoms with E-state index in [-0.39, 0.29) is 17.5 Å². The number of para-hydroxylation sites is 1. The number of likely N-dealkylation sites (tertiary alicyclic amines) is 1. The van der Waals surface area contributed by atoms with Crippen molar-refractivity contribution >= 4 is 17.2 Å². The monoisotopic (exact) mass is 434 g/mol. The molecule has 30 heavy (non-hydrogen) atoms. The van der Waals surface area contributed by atoms with Gasteiger partial charge in [0.05, 0.1) is 12.3 Å². The standard InChI is InChI=1S/C23H31FN2O3S/c1-16-19(10-15-29-18-9-6-5-8-17(18)24)30-20(25-16)23(28)11-7-13-26(14-12-23)21(27)22(2,3)4/h5-6,8-9,28H,7,10-15H2,1-4H3/t23-/m1/s1. The first kappa shape index (κ1) is 22.7. The van der Waals surface area contributed by atoms with Gasteiger partial charge in [0.1, 0.15) is 10.6 Å². The van der Waals surface area contributed by atoms with Crippen LogP contribution in [0.1, 0.15) is 55.6 Å². The van der Waals surface area contributed by atoms with E-state index in [1.54, 1.807) is 18.2 Å². The van der Waals surface area contributed by atoms with Crippen molar-refractivity contribution in [3.05, 3.63) is 45.7 Å². The Morgan fingerprint density at radius 2 is 2.03 bits per heavy atom. The zero-order valence-electron chi connectivity index (χ0n) is 18.2. The van der Waals surface area contributed by atoms with Crippen molar-refractivity contribution in [1.82, 2.24) is 9.88 Å². The van der Waals surface area contributed by atoms with Crippen LogP contribution in [0.25, 0.3) is 0 Å². The van der Waals surface area contributed by atoms with Gasteiger partial charge in [-0.15, -0.1) is 11.3 Å². The summed E-state index contributed by atoms with van der Waals surface area (Å²) in [5.41, 5.74) is -0.578. The summed E-state index contributed by atoms with van der Waals surface area (Å²) in [7, 11) is 0. The number of rotatable bonds is 5. The number of aromatic nitrogens is 1. The Kier molecular flexibility index (Phi) is 6.82. The summed E-state index contributed by atoms with van der Waals surface area (Å²) < 4.78 is 19.3. The zero-order valence-corrected chi connectivity index (χ0v) is 19.0. The highest BCUT2D eigenvalue weighted by Crippen LogP contribution is 2.37. The number of nitrogens with zero attached hydrogens (tertiary/aromatic N) is 2. The molecule has 1 amide bonds. The van der Waals surface area contributed by atoms with Crippen LogP contribution < -0.4 is 4.74 Å². The summed E-state index contributed by atoms with van der Waals surface area (Å²) in [4.78, 5) is 20.2. The van der Waals surface area contributed by atoms with E-state index in [1.807, 2.05) is 32.6 Å². The largest absolute Gasteiger partial charge is 0.490 e. The summed E-state index contributed by atoms with van der Waals surface area (Å²) >= 11 is 1.49. The number of aliphatic hydroxyl groups is 1. The molecule has 0 spiro atoms. The van der Waals surface area contributed by atoms with Gasteiger partial charge in [-0.3, -0.25) is 4.79 Å². The van der Waals surface area contributed by atoms with Gasteiger partial charge in [-0.05, 0) is 31.9 Å². The minimum Gasteiger partial charge on any atom is -0.490 e. The average Bonchev–Trinajstić information content (AvgIpc) is 2.94. The van der Waals surface area contributed by atoms with Crippen molar-refractivity contribution < 1.29 is 19.0 Å². The highest BCUT2D eigenvalue weighted by molar-refractivity contribution is 7.11. The number of halogens is 1. The molecule has 0 aliphatic carbocycles. The molecule has 0 unspecified atom stereocenters. The fourth-order valence-corrected chi connectivity index (χ4v) is 4.87. The average molecular weight is 435 g/mol. The van der Waals surface area contributed by atoms with Gasteiger partial charge in [0.2, 0.25) is 5.91 Å². The first-order valence-electron chi connectivity index (χ1n) is 10.5. The lowest BCUT2D eigenvalue weighted by molar-refractivity contribution is -0.139. The molecule has 0 saturated carbocycles. The van der Waals surface area contributed by atoms with E-state index in [4.69, 9.17) is 4.74 Å². The Morgan fingerprint density at radius 1 is 1.30 bits per heavy atom. The molecule has 2 aromatic rings. The Hall–Kier alpha value is -1.99. The molecule has 1 aliphatic rings. The molecule has 0 bridgehead atoms. The molecule has 7 heteroatoms. The molecule has 1 saturated heterocycles. The van der Waals surface area contributed by atoms with E-state index < -0.39 is 11.0 Å². The molecule has 1 aromatic carbocycles. The highest BCUT2D eigenvalue weighted by atomic mass is 32.1. The van der Waals surface area contributed by atoms with Gasteiger partial charge in [0.25, 0.3) is 0 Å². The Balaban J connectivity index is 1.65. The molecule has 164 valence electrons. The van der Waals surface area contributed by atoms with E-state index in [0.29, 0.717) is 44.0 Å². The van der Waals surface area contributed by atoms with E-state index in [9.17, 15) is 14.3 Å². The summed E-state index contributed by atoms with van der Waals surface area (Å²) in [5.74, 6) is -0.0136. The van der Waals surface area contributed by atoms with Crippen molar-refractivity contribution in [2.45, 2.75) is 59.0 Å². The van der Waals surface area contributed by atoms with Crippen molar-refractivity contribution in [2.75, 3.05) is 19.7 Å². The van der Waals surface area contributed by atoms with Gasteiger partial charge in [0.15, 0.2) is 11.6 Å². The third-order valence-corrected chi connectivity index (χ3v) is 6.87. The number of hydrogen-bond donors (Lipinski definition) is 1. The van der Waals surface area contributed by atoms with Crippen LogP contribution in [0.3, 0.4) is 0 Å². The van der Waals surface area contributed by atoms with Crippen LogP contribution in [0, 0.1) is 18.2 Å². The van der Waals surface area contributed by atoms with E-state index in [2.05, 4.69) is 4.98 Å². The van der Waals surface area contributed by atoms with Gasteiger partial charge in [0, 0.05) is 36.2 Å². The zero-order chi connectivity index (χ0) is 21.9. The van der Waals surface area contributed by atoms with E-state index in [0.717, 1.165) is 17.0 Å². The van der Waals surface area contributed by atoms with Crippen molar-refractivity contribution in [3.63, 3.8) is 0 Å². The Labute approximate surface area is 181 Å². The second-order valence-corrected chi connectivity index (χ2v) is 10.1. The third kappa shape index (κ3) is 5.19. The number of amides is 1. The minimum absolute atomic E-state index is 0.119. The first-order valence-corrected chi connectivity index (χ1v) is 11.3. The van der Waals surface area contributed by atoms with Crippen LogP contribution in [-0.4, -0.2) is 40.6 Å². The Bertz CT molecular complexity index is 893. The predicted octanol–water partition coefficient (Wildman–Crippen LogP) is 4.46. The number of hydrogen-bond acceptors (Lipinski definition) is 5. The van der Waals surface area contributed by atoms with Gasteiger partial charge < -0.3 is 14.7 Å². The number of carbonyl (C=O) groups is 1. The first-order chi connectivity index (χ1) is 14.1. The molecule has 1 N–H and O–H groups in total. The van der Waals surface area contributed by atoms with Crippen molar-refractivity contribution in [2.24, 2.45) is 5.41 Å². The minimum atomic E-state index is -1.02. The van der Waals surface area contributed by atoms with Crippen molar-refractivity contribution in [3.8, 4) is 5.75 Å². The maximum atomic E-state index is 13.7. The van der Waals surface area contributed by atoms with Crippen LogP contribution in [0.2, 0.25) is 0 Å². The van der Waals surface area contributed by atoms with E-state index >= 15 is 0 Å². The predicted molar refractivity (Wildman–Crippen MR) is 116 cm³/mol. The third-order valence-electron chi connectivity index (χ3n) is 5.46. The van der Waals surface area contributed by atoms with Gasteiger partial charge >= 0.3 is 0 Å². The molecular formula is C23H31FN2O3S. The van der Waals surface area contributed by atoms with Gasteiger partial charge in [-0.2, -0.15) is 0 Å². The maximum Gasteiger partial charge on any atom is 0.227 e. The van der Waals surface area contributed by atoms with Crippen molar-refractivity contribution in [1.29, 1.82) is 0 Å². The molecule has 0 radical (unpaired) electrons. The molecule has 1 aromatic heterocycles. The topological polar surface area (TPSA) is 62.7 Å². The number of benzene rings is 1. The summed E-state index contributed by atoms with van der Waals surface area (Å²) in [5, 5.41) is 12.0. The molecule has 1 fully saturated rings. The van der Waals surface area contributed by atoms with Crippen LogP contribution in [0.5, 0.6) is 5.75 Å². The normalized spacial score (nSPS) is 20.1. The summed E-state index contributed by atoms with van der Waals surface area (Å²) in [6, 6.07) is 6.36. The maximum absolute atomic E-state index is 13.7. The van der Waals surface area contributed by atoms with Crippen LogP contribution in [0.15, 0.2) is 24.3 Å². The Morgan fingerprint density at radius 3 is 2.73 bits per heavy atom. The molecule has 3 rings (SSSR count). The fraction of sp³-hybridized carbons (Fsp3) is 0.565. The lowest BCUT2D eigenvalue weighted by Crippen LogP contribution is -2.40. The lowest BCUT2D eigenvalue weighted by Gasteiger charge is -2.29. The SMILES string of the molecule is Cc1nc([C@@]2(O)CCCN(C(=O)C(C)(C)C)CC2)sc1CCOc1ccccc1F. The fourth-order valence-electron chi connectivity index (χ4n) is 3.68.